The fourth-order valence-electron chi connectivity index (χ4n) is 3.13. The van der Waals surface area contributed by atoms with E-state index in [1.165, 1.54) is 29.2 Å². The van der Waals surface area contributed by atoms with E-state index in [2.05, 4.69) is 84.0 Å². The van der Waals surface area contributed by atoms with Gasteiger partial charge >= 0.3 is 0 Å². The molecule has 0 radical (unpaired) electrons. The van der Waals surface area contributed by atoms with Crippen LogP contribution >= 0.6 is 0 Å². The van der Waals surface area contributed by atoms with Gasteiger partial charge in [-0.3, -0.25) is 0 Å². The van der Waals surface area contributed by atoms with Crippen LogP contribution in [0.1, 0.15) is 65.9 Å². The molecular formula is C21H30. The van der Waals surface area contributed by atoms with Crippen molar-refractivity contribution < 1.29 is 0 Å². The molecule has 1 atom stereocenters. The highest BCUT2D eigenvalue weighted by atomic mass is 14.4. The summed E-state index contributed by atoms with van der Waals surface area (Å²) in [5.41, 5.74) is 2.17. The molecule has 2 rings (SSSR count). The molecule has 0 fully saturated rings. The van der Waals surface area contributed by atoms with Crippen molar-refractivity contribution in [3.8, 4) is 0 Å². The largest absolute Gasteiger partial charge is 0.0649 e. The second kappa shape index (κ2) is 5.83. The molecule has 0 aliphatic heterocycles. The van der Waals surface area contributed by atoms with Crippen LogP contribution in [0.25, 0.3) is 10.8 Å². The van der Waals surface area contributed by atoms with Crippen LogP contribution in [0.4, 0.5) is 0 Å². The first-order chi connectivity index (χ1) is 9.73. The fraction of sp³-hybridized carbons (Fsp3) is 0.524. The molecule has 0 spiro atoms. The molecule has 0 aromatic heterocycles. The van der Waals surface area contributed by atoms with E-state index < -0.39 is 0 Å². The van der Waals surface area contributed by atoms with Crippen LogP contribution in [0.2, 0.25) is 0 Å². The van der Waals surface area contributed by atoms with Crippen molar-refractivity contribution >= 4 is 10.8 Å². The van der Waals surface area contributed by atoms with E-state index in [0.29, 0.717) is 16.7 Å². The summed E-state index contributed by atoms with van der Waals surface area (Å²) >= 11 is 0. The van der Waals surface area contributed by atoms with Crippen molar-refractivity contribution in [2.75, 3.05) is 0 Å². The Morgan fingerprint density at radius 2 is 1.48 bits per heavy atom. The molecular weight excluding hydrogens is 252 g/mol. The Bertz CT molecular complexity index is 599. The Morgan fingerprint density at radius 3 is 2.05 bits per heavy atom. The average Bonchev–Trinajstić information content (AvgIpc) is 2.43. The molecule has 0 saturated heterocycles. The molecule has 0 aliphatic rings. The third-order valence-corrected chi connectivity index (χ3v) is 4.85. The Labute approximate surface area is 130 Å². The number of hydrogen-bond donors (Lipinski definition) is 0. The SMILES string of the molecule is CCC(C)(C)C(CC(C)(C)C)c1ccc2ccccc2c1. The molecule has 0 nitrogen and oxygen atoms in total. The lowest BCUT2D eigenvalue weighted by molar-refractivity contribution is 0.203. The second-order valence-corrected chi connectivity index (χ2v) is 8.27. The third-order valence-electron chi connectivity index (χ3n) is 4.85. The number of rotatable bonds is 4. The van der Waals surface area contributed by atoms with Crippen molar-refractivity contribution in [1.29, 1.82) is 0 Å². The molecule has 0 heterocycles. The van der Waals surface area contributed by atoms with E-state index in [1.807, 2.05) is 0 Å². The standard InChI is InChI=1S/C21H30/c1-7-21(5,6)19(15-20(2,3)4)18-13-12-16-10-8-9-11-17(16)14-18/h8-14,19H,7,15H2,1-6H3. The smallest absolute Gasteiger partial charge is 0.0106 e. The highest BCUT2D eigenvalue weighted by molar-refractivity contribution is 5.83. The minimum atomic E-state index is 0.329. The molecule has 114 valence electrons. The van der Waals surface area contributed by atoms with Gasteiger partial charge in [-0.25, -0.2) is 0 Å². The van der Waals surface area contributed by atoms with Gasteiger partial charge in [0.15, 0.2) is 0 Å². The summed E-state index contributed by atoms with van der Waals surface area (Å²) in [6.45, 7) is 14.2. The van der Waals surface area contributed by atoms with E-state index in [9.17, 15) is 0 Å². The normalized spacial score (nSPS) is 14.4. The van der Waals surface area contributed by atoms with Crippen LogP contribution in [0.15, 0.2) is 42.5 Å². The van der Waals surface area contributed by atoms with Crippen LogP contribution in [0, 0.1) is 10.8 Å². The first-order valence-electron chi connectivity index (χ1n) is 8.22. The van der Waals surface area contributed by atoms with Gasteiger partial charge in [0.25, 0.3) is 0 Å². The Morgan fingerprint density at radius 1 is 0.857 bits per heavy atom. The lowest BCUT2D eigenvalue weighted by Gasteiger charge is -2.38. The van der Waals surface area contributed by atoms with Gasteiger partial charge in [-0.15, -0.1) is 0 Å². The molecule has 1 unspecified atom stereocenters. The van der Waals surface area contributed by atoms with Gasteiger partial charge < -0.3 is 0 Å². The van der Waals surface area contributed by atoms with Gasteiger partial charge in [0, 0.05) is 0 Å². The maximum absolute atomic E-state index is 2.42. The summed E-state index contributed by atoms with van der Waals surface area (Å²) in [5, 5.41) is 2.70. The average molecular weight is 282 g/mol. The molecule has 0 bridgehead atoms. The maximum Gasteiger partial charge on any atom is -0.0106 e. The van der Waals surface area contributed by atoms with Crippen molar-refractivity contribution in [2.45, 2.75) is 60.3 Å². The van der Waals surface area contributed by atoms with Gasteiger partial charge in [0.05, 0.1) is 0 Å². The van der Waals surface area contributed by atoms with Gasteiger partial charge in [-0.2, -0.15) is 0 Å². The molecule has 0 aliphatic carbocycles. The zero-order valence-electron chi connectivity index (χ0n) is 14.5. The van der Waals surface area contributed by atoms with Crippen LogP contribution in [-0.2, 0) is 0 Å². The Hall–Kier alpha value is -1.30. The van der Waals surface area contributed by atoms with Crippen molar-refractivity contribution in [3.05, 3.63) is 48.0 Å². The summed E-state index contributed by atoms with van der Waals surface area (Å²) < 4.78 is 0. The summed E-state index contributed by atoms with van der Waals surface area (Å²) in [6, 6.07) is 15.7. The molecule has 0 N–H and O–H groups in total. The first-order valence-corrected chi connectivity index (χ1v) is 8.22. The molecule has 0 heteroatoms. The minimum Gasteiger partial charge on any atom is -0.0649 e. The van der Waals surface area contributed by atoms with Gasteiger partial charge in [0.2, 0.25) is 0 Å². The van der Waals surface area contributed by atoms with E-state index in [-0.39, 0.29) is 0 Å². The summed E-state index contributed by atoms with van der Waals surface area (Å²) in [4.78, 5) is 0. The third kappa shape index (κ3) is 3.87. The summed E-state index contributed by atoms with van der Waals surface area (Å²) in [7, 11) is 0. The number of fused-ring (bicyclic) bond motifs is 1. The second-order valence-electron chi connectivity index (χ2n) is 8.27. The van der Waals surface area contributed by atoms with E-state index in [1.54, 1.807) is 0 Å². The topological polar surface area (TPSA) is 0 Å². The monoisotopic (exact) mass is 282 g/mol. The van der Waals surface area contributed by atoms with Crippen LogP contribution in [0.5, 0.6) is 0 Å². The van der Waals surface area contributed by atoms with Crippen LogP contribution in [0.3, 0.4) is 0 Å². The van der Waals surface area contributed by atoms with Gasteiger partial charge in [-0.05, 0) is 39.5 Å². The Kier molecular flexibility index (Phi) is 4.46. The van der Waals surface area contributed by atoms with Crippen molar-refractivity contribution in [2.24, 2.45) is 10.8 Å². The highest BCUT2D eigenvalue weighted by Crippen LogP contribution is 2.45. The lowest BCUT2D eigenvalue weighted by atomic mass is 9.67. The quantitative estimate of drug-likeness (QED) is 0.578. The molecule has 21 heavy (non-hydrogen) atoms. The molecule has 2 aromatic carbocycles. The van der Waals surface area contributed by atoms with E-state index in [0.717, 1.165) is 0 Å². The molecule has 2 aromatic rings. The van der Waals surface area contributed by atoms with Gasteiger partial charge in [-0.1, -0.05) is 90.4 Å². The summed E-state index contributed by atoms with van der Waals surface area (Å²) in [5.74, 6) is 0.604. The summed E-state index contributed by atoms with van der Waals surface area (Å²) in [6.07, 6.45) is 2.44. The van der Waals surface area contributed by atoms with Crippen molar-refractivity contribution in [3.63, 3.8) is 0 Å². The molecule has 0 amide bonds. The van der Waals surface area contributed by atoms with Gasteiger partial charge in [0.1, 0.15) is 0 Å². The molecule has 0 saturated carbocycles. The highest BCUT2D eigenvalue weighted by Gasteiger charge is 2.32. The van der Waals surface area contributed by atoms with E-state index in [4.69, 9.17) is 0 Å². The zero-order chi connectivity index (χ0) is 15.7. The van der Waals surface area contributed by atoms with Crippen LogP contribution < -0.4 is 0 Å². The predicted octanol–water partition coefficient (Wildman–Crippen LogP) is 6.80. The maximum atomic E-state index is 2.42. The Balaban J connectivity index is 2.47. The first kappa shape index (κ1) is 16.1. The van der Waals surface area contributed by atoms with E-state index >= 15 is 0 Å². The number of hydrogen-bond acceptors (Lipinski definition) is 0. The van der Waals surface area contributed by atoms with Crippen molar-refractivity contribution in [1.82, 2.24) is 0 Å². The van der Waals surface area contributed by atoms with Crippen LogP contribution in [-0.4, -0.2) is 0 Å². The fourth-order valence-corrected chi connectivity index (χ4v) is 3.13. The zero-order valence-corrected chi connectivity index (χ0v) is 14.5. The minimum absolute atomic E-state index is 0.329. The number of benzene rings is 2. The lowest BCUT2D eigenvalue weighted by Crippen LogP contribution is -2.25. The predicted molar refractivity (Wildman–Crippen MR) is 94.8 cm³/mol.